The van der Waals surface area contributed by atoms with E-state index in [0.29, 0.717) is 0 Å². The molecule has 82 valence electrons. The van der Waals surface area contributed by atoms with Crippen LogP contribution in [-0.2, 0) is 11.2 Å². The molecule has 3 nitrogen and oxygen atoms in total. The molecule has 1 N–H and O–H groups in total. The largest absolute Gasteiger partial charge is 0.481 e. The number of carboxylic acid groups (broad SMARTS) is 1. The van der Waals surface area contributed by atoms with Crippen molar-refractivity contribution in [3.8, 4) is 0 Å². The van der Waals surface area contributed by atoms with Crippen molar-refractivity contribution in [2.45, 2.75) is 20.3 Å². The molecule has 16 heavy (non-hydrogen) atoms. The highest BCUT2D eigenvalue weighted by Crippen LogP contribution is 2.21. The monoisotopic (exact) mass is 215 g/mol. The number of aryl methyl sites for hydroxylation is 2. The Bertz CT molecular complexity index is 561. The van der Waals surface area contributed by atoms with Gasteiger partial charge in [-0.1, -0.05) is 18.2 Å². The standard InChI is InChI=1S/C13H13NO2/c1-8-6-9(2)14-13-10(7-12(15)16)4-3-5-11(8)13/h3-6H,7H2,1-2H3,(H,15,16). The molecule has 0 aliphatic carbocycles. The lowest BCUT2D eigenvalue weighted by molar-refractivity contribution is -0.136. The molecular weight excluding hydrogens is 202 g/mol. The Kier molecular flexibility index (Phi) is 2.60. The van der Waals surface area contributed by atoms with E-state index in [-0.39, 0.29) is 6.42 Å². The van der Waals surface area contributed by atoms with E-state index < -0.39 is 5.97 Å². The summed E-state index contributed by atoms with van der Waals surface area (Å²) in [5, 5.41) is 9.87. The van der Waals surface area contributed by atoms with Gasteiger partial charge in [-0.2, -0.15) is 0 Å². The maximum Gasteiger partial charge on any atom is 0.307 e. The van der Waals surface area contributed by atoms with Gasteiger partial charge in [0.05, 0.1) is 11.9 Å². The number of pyridine rings is 1. The number of carbonyl (C=O) groups is 1. The highest BCUT2D eigenvalue weighted by Gasteiger charge is 2.08. The molecule has 0 radical (unpaired) electrons. The summed E-state index contributed by atoms with van der Waals surface area (Å²) in [7, 11) is 0. The zero-order chi connectivity index (χ0) is 11.7. The fourth-order valence-electron chi connectivity index (χ4n) is 1.95. The van der Waals surface area contributed by atoms with Crippen molar-refractivity contribution in [2.24, 2.45) is 0 Å². The molecule has 1 aromatic heterocycles. The molecule has 0 atom stereocenters. The fourth-order valence-corrected chi connectivity index (χ4v) is 1.95. The van der Waals surface area contributed by atoms with Crippen LogP contribution in [0.1, 0.15) is 16.8 Å². The van der Waals surface area contributed by atoms with Gasteiger partial charge in [0.2, 0.25) is 0 Å². The number of benzene rings is 1. The lowest BCUT2D eigenvalue weighted by Crippen LogP contribution is -2.02. The smallest absolute Gasteiger partial charge is 0.307 e. The zero-order valence-electron chi connectivity index (χ0n) is 9.32. The SMILES string of the molecule is Cc1cc(C)c2cccc(CC(=O)O)c2n1. The number of hydrogen-bond acceptors (Lipinski definition) is 2. The normalized spacial score (nSPS) is 10.6. The van der Waals surface area contributed by atoms with Crippen molar-refractivity contribution >= 4 is 16.9 Å². The first kappa shape index (κ1) is 10.6. The minimum absolute atomic E-state index is 0.0211. The van der Waals surface area contributed by atoms with E-state index in [1.54, 1.807) is 0 Å². The van der Waals surface area contributed by atoms with E-state index >= 15 is 0 Å². The summed E-state index contributed by atoms with van der Waals surface area (Å²) in [5.74, 6) is -0.826. The van der Waals surface area contributed by atoms with Crippen LogP contribution in [0.15, 0.2) is 24.3 Å². The number of carboxylic acids is 1. The van der Waals surface area contributed by atoms with Gasteiger partial charge in [0, 0.05) is 11.1 Å². The van der Waals surface area contributed by atoms with Crippen LogP contribution in [0.3, 0.4) is 0 Å². The molecule has 2 aromatic rings. The second kappa shape index (κ2) is 3.93. The lowest BCUT2D eigenvalue weighted by atomic mass is 10.0. The van der Waals surface area contributed by atoms with Crippen LogP contribution in [0.4, 0.5) is 0 Å². The van der Waals surface area contributed by atoms with E-state index in [1.807, 2.05) is 38.1 Å². The molecule has 1 aromatic carbocycles. The Hall–Kier alpha value is -1.90. The summed E-state index contributed by atoms with van der Waals surface area (Å²) in [6.07, 6.45) is 0.0211. The highest BCUT2D eigenvalue weighted by molar-refractivity contribution is 5.87. The average Bonchev–Trinajstić information content (AvgIpc) is 2.18. The van der Waals surface area contributed by atoms with Crippen molar-refractivity contribution in [2.75, 3.05) is 0 Å². The molecule has 0 amide bonds. The summed E-state index contributed by atoms with van der Waals surface area (Å²) in [4.78, 5) is 15.2. The summed E-state index contributed by atoms with van der Waals surface area (Å²) in [5.41, 5.74) is 3.64. The molecule has 0 bridgehead atoms. The van der Waals surface area contributed by atoms with E-state index in [2.05, 4.69) is 4.98 Å². The van der Waals surface area contributed by atoms with Crippen molar-refractivity contribution in [3.05, 3.63) is 41.1 Å². The maximum atomic E-state index is 10.8. The van der Waals surface area contributed by atoms with Crippen molar-refractivity contribution in [3.63, 3.8) is 0 Å². The van der Waals surface area contributed by atoms with Crippen LogP contribution < -0.4 is 0 Å². The van der Waals surface area contributed by atoms with E-state index in [9.17, 15) is 4.79 Å². The van der Waals surface area contributed by atoms with Gasteiger partial charge in [0.1, 0.15) is 0 Å². The Labute approximate surface area is 93.7 Å². The molecular formula is C13H13NO2. The van der Waals surface area contributed by atoms with Crippen LogP contribution in [0.25, 0.3) is 10.9 Å². The van der Waals surface area contributed by atoms with Gasteiger partial charge in [0.15, 0.2) is 0 Å². The first-order valence-electron chi connectivity index (χ1n) is 5.15. The van der Waals surface area contributed by atoms with Crippen LogP contribution >= 0.6 is 0 Å². The summed E-state index contributed by atoms with van der Waals surface area (Å²) in [6.45, 7) is 3.94. The number of nitrogens with zero attached hydrogens (tertiary/aromatic N) is 1. The molecule has 0 spiro atoms. The molecule has 0 fully saturated rings. The Morgan fingerprint density at radius 1 is 1.38 bits per heavy atom. The Balaban J connectivity index is 2.71. The lowest BCUT2D eigenvalue weighted by Gasteiger charge is -2.07. The third kappa shape index (κ3) is 1.89. The van der Waals surface area contributed by atoms with Gasteiger partial charge >= 0.3 is 5.97 Å². The topological polar surface area (TPSA) is 50.2 Å². The average molecular weight is 215 g/mol. The van der Waals surface area contributed by atoms with Gasteiger partial charge in [-0.15, -0.1) is 0 Å². The predicted octanol–water partition coefficient (Wildman–Crippen LogP) is 2.48. The van der Waals surface area contributed by atoms with E-state index in [0.717, 1.165) is 27.7 Å². The molecule has 0 unspecified atom stereocenters. The minimum Gasteiger partial charge on any atom is -0.481 e. The Morgan fingerprint density at radius 2 is 2.12 bits per heavy atom. The molecule has 3 heteroatoms. The molecule has 0 aliphatic heterocycles. The third-order valence-electron chi connectivity index (χ3n) is 2.60. The van der Waals surface area contributed by atoms with E-state index in [4.69, 9.17) is 5.11 Å². The molecule has 0 aliphatic rings. The van der Waals surface area contributed by atoms with Gasteiger partial charge < -0.3 is 5.11 Å². The Morgan fingerprint density at radius 3 is 2.81 bits per heavy atom. The molecule has 2 rings (SSSR count). The molecule has 0 saturated heterocycles. The quantitative estimate of drug-likeness (QED) is 0.837. The minimum atomic E-state index is -0.826. The van der Waals surface area contributed by atoms with Crippen LogP contribution in [-0.4, -0.2) is 16.1 Å². The predicted molar refractivity (Wildman–Crippen MR) is 62.6 cm³/mol. The second-order valence-corrected chi connectivity index (χ2v) is 3.96. The summed E-state index contributed by atoms with van der Waals surface area (Å²) >= 11 is 0. The number of para-hydroxylation sites is 1. The highest BCUT2D eigenvalue weighted by atomic mass is 16.4. The van der Waals surface area contributed by atoms with Crippen molar-refractivity contribution in [1.29, 1.82) is 0 Å². The van der Waals surface area contributed by atoms with Crippen molar-refractivity contribution < 1.29 is 9.90 Å². The zero-order valence-corrected chi connectivity index (χ0v) is 9.32. The van der Waals surface area contributed by atoms with Gasteiger partial charge in [-0.3, -0.25) is 9.78 Å². The first-order chi connectivity index (χ1) is 7.58. The van der Waals surface area contributed by atoms with Crippen LogP contribution in [0.2, 0.25) is 0 Å². The fraction of sp³-hybridized carbons (Fsp3) is 0.231. The maximum absolute atomic E-state index is 10.8. The number of fused-ring (bicyclic) bond motifs is 1. The van der Waals surface area contributed by atoms with Gasteiger partial charge in [-0.25, -0.2) is 0 Å². The first-order valence-corrected chi connectivity index (χ1v) is 5.15. The van der Waals surface area contributed by atoms with Crippen molar-refractivity contribution in [1.82, 2.24) is 4.98 Å². The number of aromatic nitrogens is 1. The van der Waals surface area contributed by atoms with E-state index in [1.165, 1.54) is 0 Å². The van der Waals surface area contributed by atoms with Gasteiger partial charge in [0.25, 0.3) is 0 Å². The molecule has 1 heterocycles. The van der Waals surface area contributed by atoms with Gasteiger partial charge in [-0.05, 0) is 31.0 Å². The number of aliphatic carboxylic acids is 1. The molecule has 0 saturated carbocycles. The third-order valence-corrected chi connectivity index (χ3v) is 2.60. The number of rotatable bonds is 2. The van der Waals surface area contributed by atoms with Crippen LogP contribution in [0.5, 0.6) is 0 Å². The summed E-state index contributed by atoms with van der Waals surface area (Å²) in [6, 6.07) is 7.68. The summed E-state index contributed by atoms with van der Waals surface area (Å²) < 4.78 is 0. The second-order valence-electron chi connectivity index (χ2n) is 3.96. The number of hydrogen-bond donors (Lipinski definition) is 1. The van der Waals surface area contributed by atoms with Crippen LogP contribution in [0, 0.1) is 13.8 Å².